The largest absolute Gasteiger partial charge is 0.457 e. The number of likely N-dealkylation sites (tertiary alicyclic amines) is 1. The van der Waals surface area contributed by atoms with Crippen molar-refractivity contribution in [3.63, 3.8) is 0 Å². The molecule has 14 heteroatoms. The average Bonchev–Trinajstić information content (AvgIpc) is 3.67. The van der Waals surface area contributed by atoms with Crippen LogP contribution in [0.5, 0.6) is 11.5 Å². The first kappa shape index (κ1) is 41.2. The summed E-state index contributed by atoms with van der Waals surface area (Å²) in [5.41, 5.74) is 12.6. The number of nitrogens with one attached hydrogen (secondary N) is 1. The number of anilines is 1. The van der Waals surface area contributed by atoms with Gasteiger partial charge in [0.05, 0.1) is 24.0 Å². The summed E-state index contributed by atoms with van der Waals surface area (Å²) in [5, 5.41) is 25.1. The number of aromatic nitrogens is 4. The Morgan fingerprint density at radius 1 is 0.983 bits per heavy atom. The fourth-order valence-corrected chi connectivity index (χ4v) is 8.72. The molecule has 0 spiro atoms. The van der Waals surface area contributed by atoms with Crippen LogP contribution in [0.1, 0.15) is 72.6 Å². The highest BCUT2D eigenvalue weighted by Crippen LogP contribution is 2.37. The molecule has 59 heavy (non-hydrogen) atoms. The zero-order chi connectivity index (χ0) is 41.7. The molecule has 6 aromatic rings. The molecule has 1 atom stereocenters. The number of aryl methyl sites for hydroxylation is 1. The number of pyridine rings is 2. The fourth-order valence-electron chi connectivity index (χ4n) is 7.72. The van der Waals surface area contributed by atoms with Crippen molar-refractivity contribution in [2.45, 2.75) is 70.4 Å². The molecule has 1 fully saturated rings. The molecule has 7 rings (SSSR count). The maximum atomic E-state index is 13.4. The zero-order valence-corrected chi connectivity index (χ0v) is 34.3. The highest BCUT2D eigenvalue weighted by molar-refractivity contribution is 7.17. The van der Waals surface area contributed by atoms with Gasteiger partial charge in [0.25, 0.3) is 11.5 Å². The van der Waals surface area contributed by atoms with Gasteiger partial charge in [0.15, 0.2) is 0 Å². The van der Waals surface area contributed by atoms with Crippen LogP contribution in [0.25, 0.3) is 32.5 Å². The van der Waals surface area contributed by atoms with Crippen LogP contribution in [0.3, 0.4) is 0 Å². The fraction of sp³-hybridized carbons (Fsp3) is 0.333. The smallest absolute Gasteiger partial charge is 0.271 e. The van der Waals surface area contributed by atoms with E-state index in [1.165, 1.54) is 22.2 Å². The molecule has 2 amide bonds. The van der Waals surface area contributed by atoms with Crippen molar-refractivity contribution in [1.82, 2.24) is 29.7 Å². The quantitative estimate of drug-likeness (QED) is 0.0966. The molecule has 0 aliphatic carbocycles. The normalized spacial score (nSPS) is 14.3. The number of carbonyl (C=O) groups is 2. The summed E-state index contributed by atoms with van der Waals surface area (Å²) in [6.45, 7) is 5.10. The first-order valence-electron chi connectivity index (χ1n) is 19.9. The number of aliphatic hydroxyl groups excluding tert-OH is 1. The summed E-state index contributed by atoms with van der Waals surface area (Å²) < 4.78 is 8.21. The lowest BCUT2D eigenvalue weighted by Gasteiger charge is -2.38. The molecule has 306 valence electrons. The monoisotopic (exact) mass is 815 g/mol. The summed E-state index contributed by atoms with van der Waals surface area (Å²) in [4.78, 5) is 53.7. The van der Waals surface area contributed by atoms with E-state index in [1.807, 2.05) is 66.9 Å². The lowest BCUT2D eigenvalue weighted by atomic mass is 9.90. The first-order valence-corrected chi connectivity index (χ1v) is 20.8. The Bertz CT molecular complexity index is 2490. The Labute approximate surface area is 346 Å². The number of nitrogens with zero attached hydrogens (tertiary/aromatic N) is 5. The van der Waals surface area contributed by atoms with E-state index in [0.29, 0.717) is 84.8 Å². The van der Waals surface area contributed by atoms with Gasteiger partial charge in [0.1, 0.15) is 27.7 Å². The second-order valence-electron chi connectivity index (χ2n) is 15.1. The Balaban J connectivity index is 0.933. The van der Waals surface area contributed by atoms with E-state index < -0.39 is 5.60 Å². The number of hydrogen-bond donors (Lipinski definition) is 4. The molecular formula is C45H49N7O6S. The van der Waals surface area contributed by atoms with Crippen LogP contribution in [0.4, 0.5) is 5.82 Å². The minimum atomic E-state index is -1.12. The van der Waals surface area contributed by atoms with Gasteiger partial charge < -0.3 is 30.9 Å². The predicted octanol–water partition coefficient (Wildman–Crippen LogP) is 6.35. The van der Waals surface area contributed by atoms with Crippen LogP contribution >= 0.6 is 11.3 Å². The van der Waals surface area contributed by atoms with Crippen LogP contribution in [0, 0.1) is 0 Å². The highest BCUT2D eigenvalue weighted by atomic mass is 32.1. The average molecular weight is 816 g/mol. The molecule has 0 bridgehead atoms. The Hall–Kier alpha value is -5.96. The first-order chi connectivity index (χ1) is 28.5. The van der Waals surface area contributed by atoms with E-state index in [2.05, 4.69) is 27.2 Å². The summed E-state index contributed by atoms with van der Waals surface area (Å²) >= 11 is 1.34. The number of thiophene rings is 1. The van der Waals surface area contributed by atoms with Crippen LogP contribution in [-0.2, 0) is 24.2 Å². The standard InChI is InChI=1S/C45H49N7O6S/c1-4-35-36(31-11-16-37(48-23-31)43(55)47-3)24-49-42(46)39(35)30-9-14-34(15-10-30)58-33-12-7-29(8-13-33)28(2)22-38(54)51-19-17-45(57,18-20-51)26-52-27-50-40-32(6-5-21-53)25-59-41(40)44(52)56/h7-16,23-25,27-28,53,57H,4-6,17-22,26H2,1-3H3,(H2,46,49)(H,47,55)/t28-/m1/s1. The van der Waals surface area contributed by atoms with Crippen molar-refractivity contribution in [3.05, 3.63) is 118 Å². The molecule has 1 aliphatic heterocycles. The number of amides is 2. The minimum Gasteiger partial charge on any atom is -0.457 e. The highest BCUT2D eigenvalue weighted by Gasteiger charge is 2.35. The number of rotatable bonds is 14. The third-order valence-corrected chi connectivity index (χ3v) is 12.2. The van der Waals surface area contributed by atoms with Gasteiger partial charge >= 0.3 is 0 Å². The van der Waals surface area contributed by atoms with Gasteiger partial charge in [0, 0.05) is 62.2 Å². The lowest BCUT2D eigenvalue weighted by molar-refractivity contribution is -0.136. The molecule has 1 saturated heterocycles. The number of aliphatic hydroxyl groups is 2. The molecule has 13 nitrogen and oxygen atoms in total. The van der Waals surface area contributed by atoms with E-state index in [4.69, 9.17) is 10.5 Å². The number of nitrogen functional groups attached to an aromatic ring is 1. The summed E-state index contributed by atoms with van der Waals surface area (Å²) in [6.07, 6.45) is 7.94. The van der Waals surface area contributed by atoms with Gasteiger partial charge in [-0.25, -0.2) is 9.97 Å². The van der Waals surface area contributed by atoms with Crippen LogP contribution in [-0.4, -0.2) is 78.8 Å². The molecule has 5 N–H and O–H groups in total. The van der Waals surface area contributed by atoms with Crippen molar-refractivity contribution in [2.75, 3.05) is 32.5 Å². The van der Waals surface area contributed by atoms with Gasteiger partial charge in [-0.3, -0.25) is 23.9 Å². The minimum absolute atomic E-state index is 0.0254. The molecule has 0 unspecified atom stereocenters. The number of fused-ring (bicyclic) bond motifs is 1. The third-order valence-electron chi connectivity index (χ3n) is 11.1. The number of nitrogens with two attached hydrogens (primary N) is 1. The number of carbonyl (C=O) groups excluding carboxylic acids is 2. The van der Waals surface area contributed by atoms with Crippen LogP contribution in [0.15, 0.2) is 89.6 Å². The number of piperidine rings is 1. The molecule has 4 aromatic heterocycles. The number of hydrogen-bond acceptors (Lipinski definition) is 11. The molecule has 5 heterocycles. The van der Waals surface area contributed by atoms with Crippen molar-refractivity contribution in [1.29, 1.82) is 0 Å². The second-order valence-corrected chi connectivity index (χ2v) is 16.0. The molecule has 1 aliphatic rings. The van der Waals surface area contributed by atoms with Gasteiger partial charge in [-0.05, 0) is 96.0 Å². The predicted molar refractivity (Wildman–Crippen MR) is 230 cm³/mol. The molecule has 0 saturated carbocycles. The summed E-state index contributed by atoms with van der Waals surface area (Å²) in [7, 11) is 1.57. The molecule has 2 aromatic carbocycles. The Morgan fingerprint density at radius 2 is 1.68 bits per heavy atom. The Morgan fingerprint density at radius 3 is 2.32 bits per heavy atom. The lowest BCUT2D eigenvalue weighted by Crippen LogP contribution is -2.49. The topological polar surface area (TPSA) is 186 Å². The van der Waals surface area contributed by atoms with Crippen molar-refractivity contribution in [3.8, 4) is 33.8 Å². The van der Waals surface area contributed by atoms with E-state index in [1.54, 1.807) is 30.4 Å². The van der Waals surface area contributed by atoms with Gasteiger partial charge in [-0.2, -0.15) is 0 Å². The van der Waals surface area contributed by atoms with E-state index in [0.717, 1.165) is 38.9 Å². The zero-order valence-electron chi connectivity index (χ0n) is 33.5. The van der Waals surface area contributed by atoms with Gasteiger partial charge in [0.2, 0.25) is 5.91 Å². The maximum absolute atomic E-state index is 13.4. The van der Waals surface area contributed by atoms with Gasteiger partial charge in [-0.15, -0.1) is 11.3 Å². The Kier molecular flexibility index (Phi) is 12.5. The van der Waals surface area contributed by atoms with E-state index in [9.17, 15) is 24.6 Å². The van der Waals surface area contributed by atoms with Crippen molar-refractivity contribution in [2.24, 2.45) is 0 Å². The van der Waals surface area contributed by atoms with Crippen molar-refractivity contribution < 1.29 is 24.5 Å². The van der Waals surface area contributed by atoms with E-state index in [-0.39, 0.29) is 36.4 Å². The number of benzene rings is 2. The SMILES string of the molecule is CCc1c(-c2ccc(C(=O)NC)nc2)cnc(N)c1-c1ccc(Oc2ccc([C@H](C)CC(=O)N3CCC(O)(Cn4cnc5c(CCCO)csc5c4=O)CC3)cc2)cc1. The van der Waals surface area contributed by atoms with Crippen LogP contribution in [0.2, 0.25) is 0 Å². The van der Waals surface area contributed by atoms with E-state index >= 15 is 0 Å². The van der Waals surface area contributed by atoms with Crippen molar-refractivity contribution >= 4 is 39.2 Å². The third kappa shape index (κ3) is 9.04. The number of ether oxygens (including phenoxy) is 1. The van der Waals surface area contributed by atoms with Gasteiger partial charge in [-0.1, -0.05) is 44.2 Å². The molecule has 0 radical (unpaired) electrons. The van der Waals surface area contributed by atoms with Crippen LogP contribution < -0.4 is 21.3 Å². The maximum Gasteiger partial charge on any atom is 0.271 e. The molecular weight excluding hydrogens is 767 g/mol. The summed E-state index contributed by atoms with van der Waals surface area (Å²) in [5.74, 6) is 1.48. The summed E-state index contributed by atoms with van der Waals surface area (Å²) in [6, 6.07) is 19.0. The second kappa shape index (κ2) is 17.9.